The molecule has 3 nitrogen and oxygen atoms in total. The summed E-state index contributed by atoms with van der Waals surface area (Å²) in [6.07, 6.45) is 15.9. The Morgan fingerprint density at radius 2 is 2.08 bits per heavy atom. The lowest BCUT2D eigenvalue weighted by atomic mass is 9.52. The number of fused-ring (bicyclic) bond motifs is 5. The van der Waals surface area contributed by atoms with Gasteiger partial charge in [-0.05, 0) is 74.7 Å². The van der Waals surface area contributed by atoms with Crippen LogP contribution in [0.25, 0.3) is 0 Å². The Bertz CT molecular complexity index is 655. The van der Waals surface area contributed by atoms with Crippen LogP contribution < -0.4 is 0 Å². The van der Waals surface area contributed by atoms with Crippen LogP contribution in [0.5, 0.6) is 0 Å². The minimum absolute atomic E-state index is 0.0316. The van der Waals surface area contributed by atoms with Crippen molar-refractivity contribution in [2.24, 2.45) is 29.1 Å². The minimum atomic E-state index is -0.240. The largest absolute Gasteiger partial charge is 0.461 e. The van der Waals surface area contributed by atoms with Crippen LogP contribution in [0.1, 0.15) is 64.7 Å². The number of ether oxygens (including phenoxy) is 1. The molecule has 0 N–H and O–H groups in total. The van der Waals surface area contributed by atoms with Gasteiger partial charge < -0.3 is 4.74 Å². The quantitative estimate of drug-likeness (QED) is 0.562. The van der Waals surface area contributed by atoms with Crippen molar-refractivity contribution >= 4 is 11.8 Å². The Hall–Kier alpha value is -1.56. The van der Waals surface area contributed by atoms with Gasteiger partial charge in [0.25, 0.3) is 0 Å². The van der Waals surface area contributed by atoms with Gasteiger partial charge in [0.1, 0.15) is 12.5 Å². The van der Waals surface area contributed by atoms with Crippen LogP contribution in [-0.2, 0) is 14.3 Å². The predicted octanol–water partition coefficient (Wildman–Crippen LogP) is 4.06. The maximum absolute atomic E-state index is 11.9. The van der Waals surface area contributed by atoms with E-state index < -0.39 is 0 Å². The molecule has 0 amide bonds. The van der Waals surface area contributed by atoms with Crippen molar-refractivity contribution in [1.82, 2.24) is 0 Å². The van der Waals surface area contributed by atoms with Crippen LogP contribution in [0.4, 0.5) is 0 Å². The summed E-state index contributed by atoms with van der Waals surface area (Å²) < 4.78 is 5.79. The first kappa shape index (κ1) is 16.9. The molecule has 0 radical (unpaired) electrons. The topological polar surface area (TPSA) is 43.4 Å². The molecule has 3 fully saturated rings. The monoisotopic (exact) mass is 340 g/mol. The molecule has 0 heterocycles. The molecule has 3 heteroatoms. The Balaban J connectivity index is 1.52. The Labute approximate surface area is 150 Å². The van der Waals surface area contributed by atoms with E-state index in [0.717, 1.165) is 50.4 Å². The third-order valence-corrected chi connectivity index (χ3v) is 7.73. The second-order valence-corrected chi connectivity index (χ2v) is 8.78. The van der Waals surface area contributed by atoms with Crippen LogP contribution >= 0.6 is 0 Å². The van der Waals surface area contributed by atoms with Crippen LogP contribution in [0.15, 0.2) is 11.6 Å². The SMILES string of the molecule is C#CCC(=O)O[C@H]1CC[C@H]2[C@@H]3CCC4=CC(=O)CC[C@@H]4[C@H]3CC[C@]12C. The first-order valence-electron chi connectivity index (χ1n) is 9.89. The summed E-state index contributed by atoms with van der Waals surface area (Å²) in [4.78, 5) is 23.7. The fraction of sp³-hybridized carbons (Fsp3) is 0.727. The molecule has 4 aliphatic carbocycles. The fourth-order valence-electron chi connectivity index (χ4n) is 6.61. The van der Waals surface area contributed by atoms with Crippen LogP contribution in [0.2, 0.25) is 0 Å². The molecule has 0 saturated heterocycles. The number of terminal acetylenes is 1. The Morgan fingerprint density at radius 3 is 2.88 bits per heavy atom. The van der Waals surface area contributed by atoms with Gasteiger partial charge in [0, 0.05) is 11.8 Å². The van der Waals surface area contributed by atoms with Gasteiger partial charge >= 0.3 is 5.97 Å². The van der Waals surface area contributed by atoms with Crippen molar-refractivity contribution in [3.63, 3.8) is 0 Å². The summed E-state index contributed by atoms with van der Waals surface area (Å²) in [6, 6.07) is 0. The van der Waals surface area contributed by atoms with E-state index in [2.05, 4.69) is 12.8 Å². The van der Waals surface area contributed by atoms with Gasteiger partial charge in [0.2, 0.25) is 0 Å². The maximum Gasteiger partial charge on any atom is 0.318 e. The normalized spacial score (nSPS) is 42.5. The van der Waals surface area contributed by atoms with Crippen LogP contribution in [0, 0.1) is 41.4 Å². The zero-order chi connectivity index (χ0) is 17.6. The fourth-order valence-corrected chi connectivity index (χ4v) is 6.61. The zero-order valence-electron chi connectivity index (χ0n) is 15.1. The molecule has 4 rings (SSSR count). The molecule has 25 heavy (non-hydrogen) atoms. The van der Waals surface area contributed by atoms with Gasteiger partial charge in [-0.1, -0.05) is 18.4 Å². The van der Waals surface area contributed by atoms with Gasteiger partial charge in [-0.15, -0.1) is 6.42 Å². The van der Waals surface area contributed by atoms with Crippen molar-refractivity contribution in [3.8, 4) is 12.3 Å². The van der Waals surface area contributed by atoms with Gasteiger partial charge in [0.05, 0.1) is 0 Å². The molecule has 0 aliphatic heterocycles. The van der Waals surface area contributed by atoms with Crippen molar-refractivity contribution in [2.45, 2.75) is 70.8 Å². The second-order valence-electron chi connectivity index (χ2n) is 8.78. The van der Waals surface area contributed by atoms with E-state index in [9.17, 15) is 9.59 Å². The number of hydrogen-bond donors (Lipinski definition) is 0. The second kappa shape index (κ2) is 6.31. The molecule has 134 valence electrons. The average Bonchev–Trinajstić information content (AvgIpc) is 2.91. The minimum Gasteiger partial charge on any atom is -0.461 e. The summed E-state index contributed by atoms with van der Waals surface area (Å²) in [5.41, 5.74) is 1.54. The molecular weight excluding hydrogens is 312 g/mol. The van der Waals surface area contributed by atoms with Crippen molar-refractivity contribution in [3.05, 3.63) is 11.6 Å². The lowest BCUT2D eigenvalue weighted by Crippen LogP contribution is -2.48. The van der Waals surface area contributed by atoms with Gasteiger partial charge in [-0.25, -0.2) is 0 Å². The molecular formula is C22H28O3. The van der Waals surface area contributed by atoms with Crippen molar-refractivity contribution in [2.75, 3.05) is 0 Å². The summed E-state index contributed by atoms with van der Waals surface area (Å²) in [5.74, 6) is 5.21. The average molecular weight is 340 g/mol. The summed E-state index contributed by atoms with van der Waals surface area (Å²) in [6.45, 7) is 2.34. The number of esters is 1. The number of allylic oxidation sites excluding steroid dienone is 1. The number of carbonyl (C=O) groups is 2. The summed E-state index contributed by atoms with van der Waals surface area (Å²) in [7, 11) is 0. The molecule has 6 atom stereocenters. The first-order chi connectivity index (χ1) is 12.0. The van der Waals surface area contributed by atoms with E-state index in [0.29, 0.717) is 17.6 Å². The van der Waals surface area contributed by atoms with Crippen molar-refractivity contribution in [1.29, 1.82) is 0 Å². The van der Waals surface area contributed by atoms with E-state index >= 15 is 0 Å². The molecule has 0 aromatic carbocycles. The lowest BCUT2D eigenvalue weighted by molar-refractivity contribution is -0.157. The van der Waals surface area contributed by atoms with Gasteiger partial charge in [0.15, 0.2) is 5.78 Å². The molecule has 0 aromatic rings. The third kappa shape index (κ3) is 2.75. The van der Waals surface area contributed by atoms with Crippen LogP contribution in [-0.4, -0.2) is 17.9 Å². The first-order valence-corrected chi connectivity index (χ1v) is 9.89. The highest BCUT2D eigenvalue weighted by Gasteiger charge is 2.57. The lowest BCUT2D eigenvalue weighted by Gasteiger charge is -2.53. The van der Waals surface area contributed by atoms with E-state index in [-0.39, 0.29) is 23.9 Å². The van der Waals surface area contributed by atoms with E-state index in [1.807, 2.05) is 6.08 Å². The zero-order valence-corrected chi connectivity index (χ0v) is 15.1. The van der Waals surface area contributed by atoms with Crippen LogP contribution in [0.3, 0.4) is 0 Å². The van der Waals surface area contributed by atoms with Gasteiger partial charge in [-0.3, -0.25) is 9.59 Å². The number of ketones is 1. The van der Waals surface area contributed by atoms with Gasteiger partial charge in [-0.2, -0.15) is 0 Å². The Kier molecular flexibility index (Phi) is 4.26. The molecule has 0 spiro atoms. The molecule has 0 unspecified atom stereocenters. The predicted molar refractivity (Wildman–Crippen MR) is 95.4 cm³/mol. The van der Waals surface area contributed by atoms with E-state index in [4.69, 9.17) is 11.2 Å². The number of carbonyl (C=O) groups excluding carboxylic acids is 2. The number of rotatable bonds is 2. The molecule has 0 aromatic heterocycles. The molecule has 3 saturated carbocycles. The highest BCUT2D eigenvalue weighted by Crippen LogP contribution is 2.62. The molecule has 0 bridgehead atoms. The smallest absolute Gasteiger partial charge is 0.318 e. The number of hydrogen-bond acceptors (Lipinski definition) is 3. The standard InChI is InChI=1S/C22H28O3/c1-3-4-21(24)25-20-10-9-19-18-7-5-14-13-15(23)6-8-16(14)17(18)11-12-22(19,20)2/h1,13,16-20H,4-12H2,2H3/t16-,17+,18+,19-,20-,22-/m0/s1. The highest BCUT2D eigenvalue weighted by atomic mass is 16.5. The molecule has 4 aliphatic rings. The van der Waals surface area contributed by atoms with E-state index in [1.54, 1.807) is 0 Å². The maximum atomic E-state index is 11.9. The third-order valence-electron chi connectivity index (χ3n) is 7.73. The van der Waals surface area contributed by atoms with Crippen molar-refractivity contribution < 1.29 is 14.3 Å². The summed E-state index contributed by atoms with van der Waals surface area (Å²) >= 11 is 0. The van der Waals surface area contributed by atoms with E-state index in [1.165, 1.54) is 18.4 Å². The highest BCUT2D eigenvalue weighted by molar-refractivity contribution is 5.91. The summed E-state index contributed by atoms with van der Waals surface area (Å²) in [5, 5.41) is 0. The Morgan fingerprint density at radius 1 is 1.24 bits per heavy atom.